The van der Waals surface area contributed by atoms with Crippen molar-refractivity contribution in [3.8, 4) is 0 Å². The Balaban J connectivity index is 2.02. The summed E-state index contributed by atoms with van der Waals surface area (Å²) in [5.41, 5.74) is 1.25. The van der Waals surface area contributed by atoms with E-state index in [9.17, 15) is 8.42 Å². The Labute approximate surface area is 103 Å². The summed E-state index contributed by atoms with van der Waals surface area (Å²) in [6, 6.07) is 11.0. The molecule has 0 amide bonds. The SMILES string of the molecule is C=CS(=O)(=O)N1CCC(c2c[c]ccc2)CC1. The molecule has 3 nitrogen and oxygen atoms in total. The van der Waals surface area contributed by atoms with E-state index in [2.05, 4.69) is 18.7 Å². The molecule has 1 radical (unpaired) electrons. The zero-order chi connectivity index (χ0) is 12.3. The van der Waals surface area contributed by atoms with Crippen LogP contribution in [0.5, 0.6) is 0 Å². The molecule has 2 rings (SSSR count). The number of benzene rings is 1. The second-order valence-electron chi connectivity index (χ2n) is 4.22. The van der Waals surface area contributed by atoms with Crippen LogP contribution in [-0.2, 0) is 10.0 Å². The van der Waals surface area contributed by atoms with Crippen molar-refractivity contribution < 1.29 is 8.42 Å². The van der Waals surface area contributed by atoms with Gasteiger partial charge in [0.1, 0.15) is 0 Å². The molecule has 17 heavy (non-hydrogen) atoms. The Bertz CT molecular complexity index is 473. The number of sulfonamides is 1. The summed E-state index contributed by atoms with van der Waals surface area (Å²) in [7, 11) is -3.24. The van der Waals surface area contributed by atoms with Crippen LogP contribution in [0.3, 0.4) is 0 Å². The fourth-order valence-corrected chi connectivity index (χ4v) is 3.14. The third-order valence-corrected chi connectivity index (χ3v) is 4.73. The highest BCUT2D eigenvalue weighted by Crippen LogP contribution is 2.28. The van der Waals surface area contributed by atoms with Gasteiger partial charge in [-0.3, -0.25) is 0 Å². The van der Waals surface area contributed by atoms with Crippen molar-refractivity contribution in [3.05, 3.63) is 47.9 Å². The summed E-state index contributed by atoms with van der Waals surface area (Å²) in [6.45, 7) is 4.50. The maximum atomic E-state index is 11.6. The minimum atomic E-state index is -3.24. The lowest BCUT2D eigenvalue weighted by atomic mass is 9.90. The summed E-state index contributed by atoms with van der Waals surface area (Å²) in [6.07, 6.45) is 1.73. The van der Waals surface area contributed by atoms with Crippen molar-refractivity contribution in [2.45, 2.75) is 18.8 Å². The highest BCUT2D eigenvalue weighted by Gasteiger charge is 2.26. The molecule has 0 spiro atoms. The van der Waals surface area contributed by atoms with Crippen LogP contribution in [0.25, 0.3) is 0 Å². The van der Waals surface area contributed by atoms with E-state index in [1.807, 2.05) is 18.2 Å². The van der Waals surface area contributed by atoms with Crippen LogP contribution in [0.2, 0.25) is 0 Å². The molecular weight excluding hydrogens is 234 g/mol. The molecular formula is C13H16NO2S. The Morgan fingerprint density at radius 2 is 2.12 bits per heavy atom. The largest absolute Gasteiger partial charge is 0.235 e. The molecule has 1 aromatic rings. The molecule has 0 bridgehead atoms. The van der Waals surface area contributed by atoms with E-state index >= 15 is 0 Å². The van der Waals surface area contributed by atoms with Crippen LogP contribution in [0.4, 0.5) is 0 Å². The topological polar surface area (TPSA) is 37.4 Å². The Kier molecular flexibility index (Phi) is 3.64. The van der Waals surface area contributed by atoms with Crippen molar-refractivity contribution in [2.75, 3.05) is 13.1 Å². The predicted octanol–water partition coefficient (Wildman–Crippen LogP) is 2.14. The van der Waals surface area contributed by atoms with Crippen LogP contribution in [0.15, 0.2) is 36.3 Å². The van der Waals surface area contributed by atoms with Crippen molar-refractivity contribution in [3.63, 3.8) is 0 Å². The number of rotatable bonds is 3. The molecule has 0 N–H and O–H groups in total. The first-order valence-corrected chi connectivity index (χ1v) is 7.22. The Hall–Kier alpha value is -1.13. The fourth-order valence-electron chi connectivity index (χ4n) is 2.21. The summed E-state index contributed by atoms with van der Waals surface area (Å²) in [5, 5.41) is 1.03. The lowest BCUT2D eigenvalue weighted by Crippen LogP contribution is -2.36. The van der Waals surface area contributed by atoms with Gasteiger partial charge in [0.15, 0.2) is 0 Å². The molecule has 91 valence electrons. The number of hydrogen-bond donors (Lipinski definition) is 0. The molecule has 1 aliphatic heterocycles. The predicted molar refractivity (Wildman–Crippen MR) is 67.9 cm³/mol. The van der Waals surface area contributed by atoms with E-state index in [0.717, 1.165) is 18.2 Å². The molecule has 0 atom stereocenters. The van der Waals surface area contributed by atoms with Gasteiger partial charge in [-0.25, -0.2) is 8.42 Å². The van der Waals surface area contributed by atoms with Crippen molar-refractivity contribution in [2.24, 2.45) is 0 Å². The number of nitrogens with zero attached hydrogens (tertiary/aromatic N) is 1. The van der Waals surface area contributed by atoms with E-state index in [4.69, 9.17) is 0 Å². The molecule has 0 saturated carbocycles. The normalized spacial score (nSPS) is 19.1. The smallest absolute Gasteiger partial charge is 0.208 e. The van der Waals surface area contributed by atoms with Crippen molar-refractivity contribution >= 4 is 10.0 Å². The maximum Gasteiger partial charge on any atom is 0.235 e. The minimum Gasteiger partial charge on any atom is -0.208 e. The standard InChI is InChI=1S/C13H16NO2S/c1-2-17(15,16)14-10-8-13(9-11-14)12-6-4-3-5-7-12/h2-4,6-7,13H,1,8-11H2. The summed E-state index contributed by atoms with van der Waals surface area (Å²) in [5.74, 6) is 0.448. The number of piperidine rings is 1. The van der Waals surface area contributed by atoms with Gasteiger partial charge in [0, 0.05) is 18.5 Å². The van der Waals surface area contributed by atoms with Gasteiger partial charge in [-0.15, -0.1) is 0 Å². The van der Waals surface area contributed by atoms with Gasteiger partial charge < -0.3 is 0 Å². The third-order valence-electron chi connectivity index (χ3n) is 3.23. The van der Waals surface area contributed by atoms with E-state index in [1.165, 1.54) is 9.87 Å². The van der Waals surface area contributed by atoms with Gasteiger partial charge >= 0.3 is 0 Å². The zero-order valence-electron chi connectivity index (χ0n) is 9.67. The first-order valence-electron chi connectivity index (χ1n) is 5.72. The monoisotopic (exact) mass is 250 g/mol. The van der Waals surface area contributed by atoms with Gasteiger partial charge in [-0.05, 0) is 30.4 Å². The van der Waals surface area contributed by atoms with E-state index in [1.54, 1.807) is 0 Å². The van der Waals surface area contributed by atoms with Crippen LogP contribution in [-0.4, -0.2) is 25.8 Å². The van der Waals surface area contributed by atoms with E-state index < -0.39 is 10.0 Å². The first kappa shape index (κ1) is 12.3. The highest BCUT2D eigenvalue weighted by atomic mass is 32.2. The average molecular weight is 250 g/mol. The molecule has 1 fully saturated rings. The maximum absolute atomic E-state index is 11.6. The summed E-state index contributed by atoms with van der Waals surface area (Å²) in [4.78, 5) is 0. The van der Waals surface area contributed by atoms with Crippen LogP contribution < -0.4 is 0 Å². The Morgan fingerprint density at radius 3 is 2.65 bits per heavy atom. The molecule has 4 heteroatoms. The second-order valence-corrected chi connectivity index (χ2v) is 6.10. The molecule has 0 aliphatic carbocycles. The summed E-state index contributed by atoms with van der Waals surface area (Å²) < 4.78 is 24.7. The number of hydrogen-bond acceptors (Lipinski definition) is 2. The second kappa shape index (κ2) is 5.02. The van der Waals surface area contributed by atoms with Crippen LogP contribution >= 0.6 is 0 Å². The molecule has 1 saturated heterocycles. The van der Waals surface area contributed by atoms with Crippen LogP contribution in [0, 0.1) is 6.07 Å². The molecule has 0 unspecified atom stereocenters. The first-order chi connectivity index (χ1) is 8.13. The van der Waals surface area contributed by atoms with Gasteiger partial charge in [-0.2, -0.15) is 4.31 Å². The van der Waals surface area contributed by atoms with Gasteiger partial charge in [0.25, 0.3) is 0 Å². The minimum absolute atomic E-state index is 0.448. The highest BCUT2D eigenvalue weighted by molar-refractivity contribution is 7.92. The summed E-state index contributed by atoms with van der Waals surface area (Å²) >= 11 is 0. The van der Waals surface area contributed by atoms with Gasteiger partial charge in [0.05, 0.1) is 0 Å². The van der Waals surface area contributed by atoms with Gasteiger partial charge in [-0.1, -0.05) is 30.8 Å². The van der Waals surface area contributed by atoms with E-state index in [0.29, 0.717) is 19.0 Å². The average Bonchev–Trinajstić information content (AvgIpc) is 2.40. The molecule has 1 aliphatic rings. The van der Waals surface area contributed by atoms with E-state index in [-0.39, 0.29) is 0 Å². The zero-order valence-corrected chi connectivity index (χ0v) is 10.5. The Morgan fingerprint density at radius 1 is 1.41 bits per heavy atom. The molecule has 1 aromatic carbocycles. The molecule has 0 aromatic heterocycles. The quantitative estimate of drug-likeness (QED) is 0.824. The van der Waals surface area contributed by atoms with Crippen LogP contribution in [0.1, 0.15) is 24.3 Å². The van der Waals surface area contributed by atoms with Gasteiger partial charge in [0.2, 0.25) is 10.0 Å². The fraction of sp³-hybridized carbons (Fsp3) is 0.385. The lowest BCUT2D eigenvalue weighted by Gasteiger charge is -2.30. The van der Waals surface area contributed by atoms with Crippen molar-refractivity contribution in [1.29, 1.82) is 0 Å². The molecule has 1 heterocycles. The third kappa shape index (κ3) is 2.76. The lowest BCUT2D eigenvalue weighted by molar-refractivity contribution is 0.322. The van der Waals surface area contributed by atoms with Crippen molar-refractivity contribution in [1.82, 2.24) is 4.31 Å².